The Labute approximate surface area is 164 Å². The Kier molecular flexibility index (Phi) is 6.35. The zero-order valence-electron chi connectivity index (χ0n) is 15.3. The number of carbonyl (C=O) groups excluding carboxylic acids is 2. The molecular formula is C21H23ClN2O3. The van der Waals surface area contributed by atoms with Gasteiger partial charge in [0.15, 0.2) is 0 Å². The summed E-state index contributed by atoms with van der Waals surface area (Å²) in [6, 6.07) is 14.0. The van der Waals surface area contributed by atoms with E-state index in [2.05, 4.69) is 5.32 Å². The zero-order chi connectivity index (χ0) is 19.2. The Bertz CT molecular complexity index is 807. The molecule has 1 unspecified atom stereocenters. The third kappa shape index (κ3) is 4.80. The zero-order valence-corrected chi connectivity index (χ0v) is 16.0. The van der Waals surface area contributed by atoms with Crippen LogP contribution in [0.15, 0.2) is 48.5 Å². The fourth-order valence-corrected chi connectivity index (χ4v) is 3.36. The van der Waals surface area contributed by atoms with E-state index in [0.717, 1.165) is 12.8 Å². The maximum absolute atomic E-state index is 12.6. The van der Waals surface area contributed by atoms with E-state index in [4.69, 9.17) is 16.3 Å². The molecule has 6 heteroatoms. The second-order valence-corrected chi connectivity index (χ2v) is 6.95. The number of benzene rings is 2. The second-order valence-electron chi connectivity index (χ2n) is 6.54. The number of hydrogen-bond acceptors (Lipinski definition) is 3. The molecule has 27 heavy (non-hydrogen) atoms. The summed E-state index contributed by atoms with van der Waals surface area (Å²) in [7, 11) is 0. The Morgan fingerprint density at radius 2 is 1.93 bits per heavy atom. The molecule has 142 valence electrons. The highest BCUT2D eigenvalue weighted by Gasteiger charge is 2.33. The molecule has 0 aromatic heterocycles. The average Bonchev–Trinajstić information content (AvgIpc) is 3.15. The fourth-order valence-electron chi connectivity index (χ4n) is 3.18. The number of amides is 2. The van der Waals surface area contributed by atoms with Gasteiger partial charge in [-0.1, -0.05) is 30.7 Å². The molecule has 1 fully saturated rings. The molecule has 2 aromatic carbocycles. The van der Waals surface area contributed by atoms with Crippen molar-refractivity contribution in [1.82, 2.24) is 4.90 Å². The molecule has 1 aliphatic heterocycles. The van der Waals surface area contributed by atoms with E-state index in [1.54, 1.807) is 41.3 Å². The number of para-hydroxylation sites is 1. The van der Waals surface area contributed by atoms with E-state index in [0.29, 0.717) is 41.6 Å². The molecular weight excluding hydrogens is 364 g/mol. The van der Waals surface area contributed by atoms with Gasteiger partial charge in [-0.2, -0.15) is 0 Å². The Morgan fingerprint density at radius 3 is 2.63 bits per heavy atom. The number of rotatable bonds is 6. The van der Waals surface area contributed by atoms with Gasteiger partial charge in [-0.3, -0.25) is 9.59 Å². The molecule has 3 rings (SSSR count). The maximum atomic E-state index is 12.6. The van der Waals surface area contributed by atoms with Gasteiger partial charge < -0.3 is 15.0 Å². The molecule has 0 aliphatic carbocycles. The first-order valence-corrected chi connectivity index (χ1v) is 9.59. The summed E-state index contributed by atoms with van der Waals surface area (Å²) in [6.07, 6.45) is 2.83. The van der Waals surface area contributed by atoms with Crippen LogP contribution in [0.4, 0.5) is 5.69 Å². The number of nitrogens with zero attached hydrogens (tertiary/aromatic N) is 1. The first-order valence-electron chi connectivity index (χ1n) is 9.21. The van der Waals surface area contributed by atoms with E-state index >= 15 is 0 Å². The molecule has 1 N–H and O–H groups in total. The monoisotopic (exact) mass is 386 g/mol. The van der Waals surface area contributed by atoms with Crippen LogP contribution in [0.2, 0.25) is 5.02 Å². The molecule has 1 saturated heterocycles. The molecule has 1 aliphatic rings. The molecule has 0 spiro atoms. The summed E-state index contributed by atoms with van der Waals surface area (Å²) in [5.74, 6) is 1.11. The van der Waals surface area contributed by atoms with Crippen LogP contribution in [-0.2, 0) is 9.59 Å². The predicted octanol–water partition coefficient (Wildman–Crippen LogP) is 4.86. The summed E-state index contributed by atoms with van der Waals surface area (Å²) in [5, 5.41) is 3.43. The van der Waals surface area contributed by atoms with Gasteiger partial charge in [-0.15, -0.1) is 0 Å². The standard InChI is InChI=1S/C21H23ClN2O3/c1-2-6-20(25)24-14-5-8-18(24)21(26)23-15-10-12-16(13-11-15)27-19-9-4-3-7-17(19)22/h3-4,7,9-13,18H,2,5-6,8,14H2,1H3,(H,23,26). The third-order valence-corrected chi connectivity index (χ3v) is 4.84. The smallest absolute Gasteiger partial charge is 0.247 e. The van der Waals surface area contributed by atoms with Crippen LogP contribution in [0.3, 0.4) is 0 Å². The van der Waals surface area contributed by atoms with E-state index in [-0.39, 0.29) is 17.9 Å². The molecule has 2 aromatic rings. The third-order valence-electron chi connectivity index (χ3n) is 4.53. The number of carbonyl (C=O) groups is 2. The number of halogens is 1. The lowest BCUT2D eigenvalue weighted by molar-refractivity contribution is -0.136. The maximum Gasteiger partial charge on any atom is 0.247 e. The molecule has 0 radical (unpaired) electrons. The van der Waals surface area contributed by atoms with Gasteiger partial charge in [-0.25, -0.2) is 0 Å². The normalized spacial score (nSPS) is 16.2. The highest BCUT2D eigenvalue weighted by molar-refractivity contribution is 6.32. The van der Waals surface area contributed by atoms with Crippen molar-refractivity contribution in [2.24, 2.45) is 0 Å². The Hall–Kier alpha value is -2.53. The molecule has 5 nitrogen and oxygen atoms in total. The number of hydrogen-bond donors (Lipinski definition) is 1. The first-order chi connectivity index (χ1) is 13.1. The molecule has 1 atom stereocenters. The van der Waals surface area contributed by atoms with Gasteiger partial charge in [-0.05, 0) is 55.7 Å². The lowest BCUT2D eigenvalue weighted by atomic mass is 10.2. The van der Waals surface area contributed by atoms with Crippen molar-refractivity contribution < 1.29 is 14.3 Å². The van der Waals surface area contributed by atoms with Crippen molar-refractivity contribution in [3.05, 3.63) is 53.6 Å². The van der Waals surface area contributed by atoms with Crippen LogP contribution >= 0.6 is 11.6 Å². The van der Waals surface area contributed by atoms with Crippen molar-refractivity contribution in [2.75, 3.05) is 11.9 Å². The summed E-state index contributed by atoms with van der Waals surface area (Å²) >= 11 is 6.09. The van der Waals surface area contributed by atoms with Crippen molar-refractivity contribution >= 4 is 29.1 Å². The summed E-state index contributed by atoms with van der Waals surface area (Å²) in [6.45, 7) is 2.62. The fraction of sp³-hybridized carbons (Fsp3) is 0.333. The minimum Gasteiger partial charge on any atom is -0.456 e. The number of ether oxygens (including phenoxy) is 1. The minimum absolute atomic E-state index is 0.0543. The van der Waals surface area contributed by atoms with Crippen LogP contribution in [0.1, 0.15) is 32.6 Å². The summed E-state index contributed by atoms with van der Waals surface area (Å²) < 4.78 is 5.75. The largest absolute Gasteiger partial charge is 0.456 e. The van der Waals surface area contributed by atoms with Crippen LogP contribution < -0.4 is 10.1 Å². The minimum atomic E-state index is -0.386. The average molecular weight is 387 g/mol. The molecule has 1 heterocycles. The quantitative estimate of drug-likeness (QED) is 0.771. The topological polar surface area (TPSA) is 58.6 Å². The molecule has 0 bridgehead atoms. The van der Waals surface area contributed by atoms with Crippen LogP contribution in [0, 0.1) is 0 Å². The van der Waals surface area contributed by atoms with E-state index in [1.165, 1.54) is 0 Å². The van der Waals surface area contributed by atoms with Gasteiger partial charge in [0, 0.05) is 18.7 Å². The van der Waals surface area contributed by atoms with E-state index in [9.17, 15) is 9.59 Å². The van der Waals surface area contributed by atoms with Gasteiger partial charge in [0.25, 0.3) is 0 Å². The molecule has 2 amide bonds. The predicted molar refractivity (Wildman–Crippen MR) is 106 cm³/mol. The highest BCUT2D eigenvalue weighted by Crippen LogP contribution is 2.29. The number of likely N-dealkylation sites (tertiary alicyclic amines) is 1. The SMILES string of the molecule is CCCC(=O)N1CCCC1C(=O)Nc1ccc(Oc2ccccc2Cl)cc1. The molecule has 0 saturated carbocycles. The van der Waals surface area contributed by atoms with Crippen molar-refractivity contribution in [1.29, 1.82) is 0 Å². The van der Waals surface area contributed by atoms with E-state index < -0.39 is 0 Å². The Balaban J connectivity index is 1.61. The summed E-state index contributed by atoms with van der Waals surface area (Å²) in [4.78, 5) is 26.5. The summed E-state index contributed by atoms with van der Waals surface area (Å²) in [5.41, 5.74) is 0.668. The number of anilines is 1. The van der Waals surface area contributed by atoms with Gasteiger partial charge in [0.1, 0.15) is 17.5 Å². The van der Waals surface area contributed by atoms with Crippen molar-refractivity contribution in [3.63, 3.8) is 0 Å². The van der Waals surface area contributed by atoms with Crippen molar-refractivity contribution in [2.45, 2.75) is 38.6 Å². The van der Waals surface area contributed by atoms with Gasteiger partial charge in [0.05, 0.1) is 5.02 Å². The second kappa shape index (κ2) is 8.91. The lowest BCUT2D eigenvalue weighted by Crippen LogP contribution is -2.43. The number of nitrogens with one attached hydrogen (secondary N) is 1. The van der Waals surface area contributed by atoms with Crippen LogP contribution in [-0.4, -0.2) is 29.3 Å². The first kappa shape index (κ1) is 19.2. The van der Waals surface area contributed by atoms with Gasteiger partial charge in [0.2, 0.25) is 11.8 Å². The van der Waals surface area contributed by atoms with Crippen molar-refractivity contribution in [3.8, 4) is 11.5 Å². The van der Waals surface area contributed by atoms with E-state index in [1.807, 2.05) is 19.1 Å². The highest BCUT2D eigenvalue weighted by atomic mass is 35.5. The Morgan fingerprint density at radius 1 is 1.19 bits per heavy atom. The lowest BCUT2D eigenvalue weighted by Gasteiger charge is -2.24. The van der Waals surface area contributed by atoms with Gasteiger partial charge >= 0.3 is 0 Å². The van der Waals surface area contributed by atoms with Crippen LogP contribution in [0.5, 0.6) is 11.5 Å². The van der Waals surface area contributed by atoms with Crippen LogP contribution in [0.25, 0.3) is 0 Å².